The van der Waals surface area contributed by atoms with Crippen LogP contribution in [0.15, 0.2) is 59.2 Å². The van der Waals surface area contributed by atoms with Gasteiger partial charge >= 0.3 is 0 Å². The highest BCUT2D eigenvalue weighted by Gasteiger charge is 2.12. The number of furan rings is 1. The Morgan fingerprint density at radius 3 is 2.52 bits per heavy atom. The lowest BCUT2D eigenvalue weighted by molar-refractivity contribution is -0.111. The summed E-state index contributed by atoms with van der Waals surface area (Å²) >= 11 is 12.1. The van der Waals surface area contributed by atoms with Crippen molar-refractivity contribution in [2.75, 3.05) is 24.9 Å². The molecule has 0 spiro atoms. The molecule has 7 nitrogen and oxygen atoms in total. The summed E-state index contributed by atoms with van der Waals surface area (Å²) in [6, 6.07) is 11.2. The van der Waals surface area contributed by atoms with Crippen molar-refractivity contribution >= 4 is 52.5 Å². The number of hydrogen-bond acceptors (Lipinski definition) is 5. The first-order valence-electron chi connectivity index (χ1n) is 8.96. The Morgan fingerprint density at radius 2 is 1.84 bits per heavy atom. The summed E-state index contributed by atoms with van der Waals surface area (Å²) in [7, 11) is 2.95. The van der Waals surface area contributed by atoms with E-state index in [-0.39, 0.29) is 5.76 Å². The third kappa shape index (κ3) is 5.59. The first kappa shape index (κ1) is 22.3. The number of carbonyl (C=O) groups excluding carboxylic acids is 2. The predicted octanol–water partition coefficient (Wildman–Crippen LogP) is 5.51. The summed E-state index contributed by atoms with van der Waals surface area (Å²) in [5.74, 6) is 0.123. The number of carbonyl (C=O) groups is 2. The number of anilines is 2. The van der Waals surface area contributed by atoms with E-state index >= 15 is 0 Å². The molecule has 0 bridgehead atoms. The number of nitrogens with one attached hydrogen (secondary N) is 2. The zero-order valence-corrected chi connectivity index (χ0v) is 18.1. The van der Waals surface area contributed by atoms with Gasteiger partial charge in [-0.3, -0.25) is 9.59 Å². The van der Waals surface area contributed by atoms with Gasteiger partial charge in [0.25, 0.3) is 5.91 Å². The zero-order valence-electron chi connectivity index (χ0n) is 16.6. The maximum absolute atomic E-state index is 12.5. The molecule has 0 atom stereocenters. The number of amides is 2. The van der Waals surface area contributed by atoms with Crippen molar-refractivity contribution in [3.63, 3.8) is 0 Å². The van der Waals surface area contributed by atoms with Crippen LogP contribution in [0.3, 0.4) is 0 Å². The largest absolute Gasteiger partial charge is 0.495 e. The van der Waals surface area contributed by atoms with Gasteiger partial charge in [-0.2, -0.15) is 0 Å². The maximum Gasteiger partial charge on any atom is 0.291 e. The molecule has 3 aromatic rings. The van der Waals surface area contributed by atoms with Crippen LogP contribution in [-0.2, 0) is 4.79 Å². The molecule has 9 heteroatoms. The van der Waals surface area contributed by atoms with E-state index in [2.05, 4.69) is 10.6 Å². The van der Waals surface area contributed by atoms with Crippen LogP contribution in [0.4, 0.5) is 11.4 Å². The molecule has 31 heavy (non-hydrogen) atoms. The highest BCUT2D eigenvalue weighted by molar-refractivity contribution is 6.36. The van der Waals surface area contributed by atoms with Crippen molar-refractivity contribution < 1.29 is 23.5 Å². The SMILES string of the molecule is COc1ccc(NC(=O)c2ccco2)cc1NC(=O)C=Cc1cc(Cl)cc(Cl)c1OC. The molecule has 0 aliphatic heterocycles. The topological polar surface area (TPSA) is 89.8 Å². The molecule has 0 aliphatic carbocycles. The number of hydrogen-bond donors (Lipinski definition) is 2. The van der Waals surface area contributed by atoms with E-state index in [9.17, 15) is 9.59 Å². The standard InChI is InChI=1S/C22H18Cl2N2O5/c1-29-18-7-6-15(25-22(28)19-4-3-9-31-19)12-17(18)26-20(27)8-5-13-10-14(23)11-16(24)21(13)30-2/h3-12H,1-2H3,(H,25,28)(H,26,27). The van der Waals surface area contributed by atoms with Gasteiger partial charge in [0.05, 0.1) is 31.2 Å². The van der Waals surface area contributed by atoms with Crippen molar-refractivity contribution in [3.05, 3.63) is 76.2 Å². The van der Waals surface area contributed by atoms with Crippen molar-refractivity contribution in [1.29, 1.82) is 0 Å². The number of rotatable bonds is 7. The molecule has 2 amide bonds. The van der Waals surface area contributed by atoms with Crippen LogP contribution in [0, 0.1) is 0 Å². The second-order valence-corrected chi connectivity index (χ2v) is 7.02. The average molecular weight is 461 g/mol. The molecule has 0 radical (unpaired) electrons. The van der Waals surface area contributed by atoms with Crippen LogP contribution in [0.5, 0.6) is 11.5 Å². The Bertz CT molecular complexity index is 1130. The number of benzene rings is 2. The van der Waals surface area contributed by atoms with Crippen LogP contribution < -0.4 is 20.1 Å². The minimum atomic E-state index is -0.439. The van der Waals surface area contributed by atoms with E-state index in [1.807, 2.05) is 0 Å². The van der Waals surface area contributed by atoms with Gasteiger partial charge < -0.3 is 24.5 Å². The van der Waals surface area contributed by atoms with Crippen molar-refractivity contribution in [3.8, 4) is 11.5 Å². The fourth-order valence-corrected chi connectivity index (χ4v) is 3.33. The van der Waals surface area contributed by atoms with Gasteiger partial charge in [-0.15, -0.1) is 0 Å². The molecule has 2 aromatic carbocycles. The average Bonchev–Trinajstić information content (AvgIpc) is 3.27. The molecular formula is C22H18Cl2N2O5. The Kier molecular flexibility index (Phi) is 7.23. The van der Waals surface area contributed by atoms with Crippen LogP contribution in [0.1, 0.15) is 16.1 Å². The maximum atomic E-state index is 12.5. The van der Waals surface area contributed by atoms with Gasteiger partial charge in [0, 0.05) is 22.3 Å². The second-order valence-electron chi connectivity index (χ2n) is 6.18. The third-order valence-corrected chi connectivity index (χ3v) is 4.61. The number of ether oxygens (including phenoxy) is 2. The van der Waals surface area contributed by atoms with Gasteiger partial charge in [0.2, 0.25) is 5.91 Å². The lowest BCUT2D eigenvalue weighted by Crippen LogP contribution is -2.12. The molecule has 0 unspecified atom stereocenters. The first-order valence-corrected chi connectivity index (χ1v) is 9.72. The second kappa shape index (κ2) is 10.1. The highest BCUT2D eigenvalue weighted by Crippen LogP contribution is 2.33. The molecule has 0 fully saturated rings. The zero-order chi connectivity index (χ0) is 22.4. The molecule has 160 valence electrons. The van der Waals surface area contributed by atoms with Crippen molar-refractivity contribution in [2.45, 2.75) is 0 Å². The quantitative estimate of drug-likeness (QED) is 0.453. The summed E-state index contributed by atoms with van der Waals surface area (Å²) in [5.41, 5.74) is 1.36. The summed E-state index contributed by atoms with van der Waals surface area (Å²) in [5, 5.41) is 6.15. The van der Waals surface area contributed by atoms with E-state index in [4.69, 9.17) is 37.1 Å². The molecule has 0 saturated heterocycles. The smallest absolute Gasteiger partial charge is 0.291 e. The van der Waals surface area contributed by atoms with E-state index in [0.717, 1.165) is 0 Å². The molecular weight excluding hydrogens is 443 g/mol. The van der Waals surface area contributed by atoms with Gasteiger partial charge in [-0.05, 0) is 48.5 Å². The van der Waals surface area contributed by atoms with Crippen molar-refractivity contribution in [2.24, 2.45) is 0 Å². The van der Waals surface area contributed by atoms with Crippen LogP contribution in [-0.4, -0.2) is 26.0 Å². The summed E-state index contributed by atoms with van der Waals surface area (Å²) < 4.78 is 15.6. The van der Waals surface area contributed by atoms with Crippen LogP contribution in [0.25, 0.3) is 6.08 Å². The van der Waals surface area contributed by atoms with E-state index in [1.54, 1.807) is 42.5 Å². The fraction of sp³-hybridized carbons (Fsp3) is 0.0909. The predicted molar refractivity (Wildman–Crippen MR) is 120 cm³/mol. The first-order chi connectivity index (χ1) is 14.9. The van der Waals surface area contributed by atoms with Gasteiger partial charge in [-0.25, -0.2) is 0 Å². The minimum absolute atomic E-state index is 0.165. The number of halogens is 2. The molecule has 0 aliphatic rings. The summed E-state index contributed by atoms with van der Waals surface area (Å²) in [4.78, 5) is 24.7. The normalized spacial score (nSPS) is 10.7. The summed E-state index contributed by atoms with van der Waals surface area (Å²) in [6.07, 6.45) is 4.24. The van der Waals surface area contributed by atoms with Gasteiger partial charge in [0.1, 0.15) is 11.5 Å². The molecule has 1 heterocycles. The lowest BCUT2D eigenvalue weighted by Gasteiger charge is -2.12. The van der Waals surface area contributed by atoms with E-state index < -0.39 is 11.8 Å². The highest BCUT2D eigenvalue weighted by atomic mass is 35.5. The van der Waals surface area contributed by atoms with Gasteiger partial charge in [-0.1, -0.05) is 23.2 Å². The van der Waals surface area contributed by atoms with E-state index in [1.165, 1.54) is 32.6 Å². The monoisotopic (exact) mass is 460 g/mol. The minimum Gasteiger partial charge on any atom is -0.495 e. The lowest BCUT2D eigenvalue weighted by atomic mass is 10.2. The van der Waals surface area contributed by atoms with Crippen molar-refractivity contribution in [1.82, 2.24) is 0 Å². The molecule has 2 N–H and O–H groups in total. The fourth-order valence-electron chi connectivity index (χ4n) is 2.74. The summed E-state index contributed by atoms with van der Waals surface area (Å²) in [6.45, 7) is 0. The Labute approximate surface area is 188 Å². The Hall–Kier alpha value is -3.42. The molecule has 1 aromatic heterocycles. The van der Waals surface area contributed by atoms with E-state index in [0.29, 0.717) is 38.5 Å². The van der Waals surface area contributed by atoms with Crippen LogP contribution >= 0.6 is 23.2 Å². The Balaban J connectivity index is 1.77. The third-order valence-electron chi connectivity index (χ3n) is 4.12. The molecule has 3 rings (SSSR count). The van der Waals surface area contributed by atoms with Gasteiger partial charge in [0.15, 0.2) is 5.76 Å². The Morgan fingerprint density at radius 1 is 1.03 bits per heavy atom. The number of methoxy groups -OCH3 is 2. The molecule has 0 saturated carbocycles. The van der Waals surface area contributed by atoms with Crippen LogP contribution in [0.2, 0.25) is 10.0 Å².